The first kappa shape index (κ1) is 93.7. The molecule has 1 aliphatic rings. The highest BCUT2D eigenvalue weighted by Gasteiger charge is 2.45. The Bertz CT molecular complexity index is 3040. The largest absolute Gasteiger partial charge is 0.478 e. The van der Waals surface area contributed by atoms with Gasteiger partial charge in [-0.25, -0.2) is 4.79 Å². The Kier molecular flexibility index (Phi) is 40.5. The fourth-order valence-electron chi connectivity index (χ4n) is 13.1. The smallest absolute Gasteiger partial charge is 0.335 e. The molecule has 1 aliphatic heterocycles. The lowest BCUT2D eigenvalue weighted by Crippen LogP contribution is -2.62. The van der Waals surface area contributed by atoms with Crippen molar-refractivity contribution in [2.24, 2.45) is 41.4 Å². The number of rotatable bonds is 28. The molecule has 0 bridgehead atoms. The average molecular weight is 1500 g/mol. The van der Waals surface area contributed by atoms with Gasteiger partial charge in [0.25, 0.3) is 5.91 Å². The molecule has 12 amide bonds. The predicted molar refractivity (Wildman–Crippen MR) is 409 cm³/mol. The van der Waals surface area contributed by atoms with Crippen LogP contribution in [0.1, 0.15) is 215 Å². The summed E-state index contributed by atoms with van der Waals surface area (Å²) in [7, 11) is 10.3. The summed E-state index contributed by atoms with van der Waals surface area (Å²) in [5, 5.41) is 33.1. The van der Waals surface area contributed by atoms with Crippen LogP contribution in [0.5, 0.6) is 0 Å². The number of nitrogens with zero attached hydrogens (tertiary/aromatic N) is 7. The van der Waals surface area contributed by atoms with Gasteiger partial charge in [0.2, 0.25) is 65.0 Å². The van der Waals surface area contributed by atoms with Gasteiger partial charge in [0.15, 0.2) is 0 Å². The van der Waals surface area contributed by atoms with Crippen LogP contribution in [0.25, 0.3) is 0 Å². The lowest BCUT2D eigenvalue weighted by Gasteiger charge is -2.41. The van der Waals surface area contributed by atoms with Gasteiger partial charge in [-0.1, -0.05) is 123 Å². The average Bonchev–Trinajstić information content (AvgIpc) is 0.813. The van der Waals surface area contributed by atoms with Gasteiger partial charge in [-0.15, -0.1) is 0 Å². The zero-order valence-corrected chi connectivity index (χ0v) is 68.3. The van der Waals surface area contributed by atoms with Crippen molar-refractivity contribution in [3.8, 4) is 0 Å². The number of amides is 12. The number of unbranched alkanes of at least 4 members (excludes halogenated alkanes) is 4. The van der Waals surface area contributed by atoms with Crippen LogP contribution in [0.2, 0.25) is 0 Å². The zero-order valence-electron chi connectivity index (χ0n) is 67.5. The van der Waals surface area contributed by atoms with Crippen molar-refractivity contribution in [3.63, 3.8) is 0 Å². The van der Waals surface area contributed by atoms with E-state index in [2.05, 4.69) is 26.6 Å². The molecule has 1 aromatic carbocycles. The molecule has 596 valence electrons. The molecule has 1 aromatic rings. The molecular formula is C77H132N12O15S. The van der Waals surface area contributed by atoms with Gasteiger partial charge in [0.05, 0.1) is 5.56 Å². The number of carboxylic acid groups (broad SMARTS) is 1. The molecule has 0 radical (unpaired) electrons. The number of likely N-dealkylation sites (N-methyl/N-ethyl adjacent to an activating group) is 7. The standard InChI is InChI=1S/C77H132N12O15S/c1-24-56-71(97)88(22)62(44-105-38-30-29-37-90)74(100)83(17)58(40-46(4)5)69(95)82-63(49(10)11)75(101)84(18)57(39-45(2)3)67(93)79-52(15)65(91)80-53(16)70(96)86(20)60(41-47(6)7)72(98)87(21)61(42-48(8)9)73(99)89(23)64(50(12)13)76(102)85(19)59(68(94)81-56)43-51(14)31-27-25-26-28-36-78-66(92)54-32-34-55(35-33-54)77(103)104/h32-35,45-53,56-64,90H,24-31,36-44H2,1-23H3,(H,78,92)(H,79,93)(H,80,91)(H,81,94)(H,82,95)(H,103,104)/t51-,52-,53+,56+,57-,58+,59+,60+,61+,62-,63-,64+/m1/s1. The van der Waals surface area contributed by atoms with Gasteiger partial charge < -0.3 is 71.1 Å². The molecule has 1 fully saturated rings. The minimum Gasteiger partial charge on any atom is -0.478 e. The van der Waals surface area contributed by atoms with Crippen molar-refractivity contribution in [2.75, 3.05) is 74.0 Å². The highest BCUT2D eigenvalue weighted by molar-refractivity contribution is 7.99. The van der Waals surface area contributed by atoms with Crippen molar-refractivity contribution in [1.29, 1.82) is 0 Å². The molecular weight excluding hydrogens is 1360 g/mol. The number of carbonyl (C=O) groups is 13. The quantitative estimate of drug-likeness (QED) is 0.0454. The Morgan fingerprint density at radius 3 is 1.36 bits per heavy atom. The number of aliphatic hydroxyl groups excluding tert-OH is 1. The Balaban J connectivity index is 2.99. The summed E-state index contributed by atoms with van der Waals surface area (Å²) in [6.07, 6.45) is 5.23. The maximum absolute atomic E-state index is 15.6. The summed E-state index contributed by atoms with van der Waals surface area (Å²) in [6, 6.07) is -7.68. The minimum atomic E-state index is -1.26. The molecule has 27 nitrogen and oxygen atoms in total. The van der Waals surface area contributed by atoms with Crippen molar-refractivity contribution in [2.45, 2.75) is 261 Å². The van der Waals surface area contributed by atoms with Crippen molar-refractivity contribution in [3.05, 3.63) is 35.4 Å². The summed E-state index contributed by atoms with van der Waals surface area (Å²) in [5.74, 6) is -9.96. The maximum Gasteiger partial charge on any atom is 0.335 e. The highest BCUT2D eigenvalue weighted by Crippen LogP contribution is 2.27. The number of aliphatic hydroxyl groups is 1. The predicted octanol–water partition coefficient (Wildman–Crippen LogP) is 6.29. The summed E-state index contributed by atoms with van der Waals surface area (Å²) >= 11 is 1.37. The van der Waals surface area contributed by atoms with Crippen molar-refractivity contribution in [1.82, 2.24) is 60.9 Å². The molecule has 105 heavy (non-hydrogen) atoms. The topological polar surface area (TPSA) is 345 Å². The van der Waals surface area contributed by atoms with Gasteiger partial charge in [0.1, 0.15) is 66.5 Å². The Morgan fingerprint density at radius 2 is 0.867 bits per heavy atom. The summed E-state index contributed by atoms with van der Waals surface area (Å²) in [5.41, 5.74) is 0.397. The Morgan fingerprint density at radius 1 is 0.448 bits per heavy atom. The number of nitrogens with one attached hydrogen (secondary N) is 5. The third-order valence-electron chi connectivity index (χ3n) is 19.7. The van der Waals surface area contributed by atoms with Crippen molar-refractivity contribution < 1.29 is 72.5 Å². The zero-order chi connectivity index (χ0) is 80.2. The van der Waals surface area contributed by atoms with E-state index in [0.29, 0.717) is 50.0 Å². The van der Waals surface area contributed by atoms with E-state index in [0.717, 1.165) is 12.8 Å². The third kappa shape index (κ3) is 28.7. The molecule has 0 aromatic heterocycles. The molecule has 0 aliphatic carbocycles. The molecule has 0 saturated carbocycles. The van der Waals surface area contributed by atoms with E-state index in [4.69, 9.17) is 0 Å². The van der Waals surface area contributed by atoms with E-state index in [9.17, 15) is 43.8 Å². The van der Waals surface area contributed by atoms with E-state index in [1.165, 1.54) is 134 Å². The van der Waals surface area contributed by atoms with Crippen LogP contribution >= 0.6 is 11.8 Å². The van der Waals surface area contributed by atoms with Gasteiger partial charge in [-0.3, -0.25) is 57.5 Å². The van der Waals surface area contributed by atoms with Crippen LogP contribution in [-0.2, 0) is 52.7 Å². The fourth-order valence-corrected chi connectivity index (χ4v) is 14.3. The molecule has 28 heteroatoms. The van der Waals surface area contributed by atoms with Crippen molar-refractivity contribution >= 4 is 88.6 Å². The number of thioether (sulfide) groups is 1. The summed E-state index contributed by atoms with van der Waals surface area (Å²) in [6.45, 7) is 28.9. The SMILES string of the molecule is CC[C@@H]1NC(=O)[C@H](C[C@H](C)CCCCCCNC(=O)c2ccc(C(=O)O)cc2)N(C)C(=O)[C@H](C(C)C)N(C)C(=O)[C@H](CC(C)C)N(C)C(=O)[C@H](CC(C)C)N(C)C(=O)[C@H](C)NC(=O)[C@@H](C)NC(=O)[C@@H](CC(C)C)N(C)C(=O)[C@@H](C(C)C)NC(=O)[C@H](CC(C)C)N(C)C(=O)[C@@H](CSCCCCO)N(C)C1=O. The van der Waals surface area contributed by atoms with Gasteiger partial charge in [-0.05, 0) is 143 Å². The van der Waals surface area contributed by atoms with Crippen LogP contribution in [0.15, 0.2) is 24.3 Å². The first-order valence-corrected chi connectivity index (χ1v) is 39.0. The van der Waals surface area contributed by atoms with Crippen LogP contribution in [0, 0.1) is 41.4 Å². The number of hydrogen-bond acceptors (Lipinski definition) is 15. The summed E-state index contributed by atoms with van der Waals surface area (Å²) in [4.78, 5) is 198. The van der Waals surface area contributed by atoms with E-state index in [-0.39, 0.29) is 91.9 Å². The molecule has 7 N–H and O–H groups in total. The Labute approximate surface area is 630 Å². The third-order valence-corrected chi connectivity index (χ3v) is 20.8. The lowest BCUT2D eigenvalue weighted by molar-refractivity contribution is -0.156. The maximum atomic E-state index is 15.6. The summed E-state index contributed by atoms with van der Waals surface area (Å²) < 4.78 is 0. The van der Waals surface area contributed by atoms with E-state index < -0.39 is 149 Å². The molecule has 0 unspecified atom stereocenters. The normalized spacial score (nSPS) is 24.2. The Hall–Kier alpha value is -7.36. The number of carboxylic acids is 1. The number of hydrogen-bond donors (Lipinski definition) is 7. The monoisotopic (exact) mass is 1500 g/mol. The number of carbonyl (C=O) groups excluding carboxylic acids is 12. The first-order valence-electron chi connectivity index (χ1n) is 37.9. The van der Waals surface area contributed by atoms with Gasteiger partial charge in [0, 0.05) is 73.8 Å². The van der Waals surface area contributed by atoms with Gasteiger partial charge in [-0.2, -0.15) is 11.8 Å². The molecule has 1 heterocycles. The molecule has 2 rings (SSSR count). The molecule has 1 saturated heterocycles. The fraction of sp³-hybridized carbons (Fsp3) is 0.753. The van der Waals surface area contributed by atoms with E-state index in [1.807, 2.05) is 62.3 Å². The molecule has 0 spiro atoms. The van der Waals surface area contributed by atoms with E-state index in [1.54, 1.807) is 34.6 Å². The van der Waals surface area contributed by atoms with Crippen LogP contribution < -0.4 is 26.6 Å². The highest BCUT2D eigenvalue weighted by atomic mass is 32.2. The number of aromatic carboxylic acids is 1. The molecule has 12 atom stereocenters. The second kappa shape index (κ2) is 45.3. The van der Waals surface area contributed by atoms with Crippen LogP contribution in [-0.4, -0.2) is 262 Å². The lowest BCUT2D eigenvalue weighted by atomic mass is 9.92. The second-order valence-corrected chi connectivity index (χ2v) is 32.4. The second-order valence-electron chi connectivity index (χ2n) is 31.3. The van der Waals surface area contributed by atoms with E-state index >= 15 is 28.8 Å². The van der Waals surface area contributed by atoms with Gasteiger partial charge >= 0.3 is 5.97 Å². The first-order chi connectivity index (χ1) is 49.0. The van der Waals surface area contributed by atoms with Crippen LogP contribution in [0.3, 0.4) is 0 Å². The minimum absolute atomic E-state index is 0.0359. The van der Waals surface area contributed by atoms with Crippen LogP contribution in [0.4, 0.5) is 0 Å². The number of benzene rings is 1.